The van der Waals surface area contributed by atoms with Crippen LogP contribution in [0.1, 0.15) is 12.5 Å². The summed E-state index contributed by atoms with van der Waals surface area (Å²) in [5.41, 5.74) is 16.8. The van der Waals surface area contributed by atoms with Crippen LogP contribution in [0.4, 0.5) is 11.4 Å². The summed E-state index contributed by atoms with van der Waals surface area (Å²) in [5, 5.41) is 0. The van der Waals surface area contributed by atoms with Crippen LogP contribution in [0.15, 0.2) is 42.5 Å². The van der Waals surface area contributed by atoms with E-state index in [0.717, 1.165) is 23.4 Å². The SMILES string of the molecule is CCc1ccccc1-c1cc(N)ccc1N. The predicted octanol–water partition coefficient (Wildman–Crippen LogP) is 3.08. The van der Waals surface area contributed by atoms with Crippen molar-refractivity contribution < 1.29 is 0 Å². The first-order valence-electron chi connectivity index (χ1n) is 5.45. The van der Waals surface area contributed by atoms with Crippen molar-refractivity contribution >= 4 is 11.4 Å². The predicted molar refractivity (Wildman–Crippen MR) is 70.1 cm³/mol. The molecule has 0 aromatic heterocycles. The largest absolute Gasteiger partial charge is 0.399 e. The molecule has 82 valence electrons. The van der Waals surface area contributed by atoms with Gasteiger partial charge in [-0.2, -0.15) is 0 Å². The number of aryl methyl sites for hydroxylation is 1. The fourth-order valence-corrected chi connectivity index (χ4v) is 1.90. The zero-order valence-electron chi connectivity index (χ0n) is 9.40. The molecule has 0 radical (unpaired) electrons. The fourth-order valence-electron chi connectivity index (χ4n) is 1.90. The zero-order chi connectivity index (χ0) is 11.5. The number of hydrogen-bond acceptors (Lipinski definition) is 2. The average Bonchev–Trinajstić information content (AvgIpc) is 2.32. The Morgan fingerprint density at radius 2 is 1.69 bits per heavy atom. The molecule has 2 heteroatoms. The van der Waals surface area contributed by atoms with E-state index in [-0.39, 0.29) is 0 Å². The van der Waals surface area contributed by atoms with Gasteiger partial charge in [-0.1, -0.05) is 31.2 Å². The van der Waals surface area contributed by atoms with E-state index in [2.05, 4.69) is 19.1 Å². The molecule has 0 bridgehead atoms. The number of hydrogen-bond donors (Lipinski definition) is 2. The molecule has 2 nitrogen and oxygen atoms in total. The van der Waals surface area contributed by atoms with Gasteiger partial charge in [0, 0.05) is 16.9 Å². The zero-order valence-corrected chi connectivity index (χ0v) is 9.40. The molecule has 16 heavy (non-hydrogen) atoms. The molecule has 0 saturated carbocycles. The molecule has 0 amide bonds. The van der Waals surface area contributed by atoms with Crippen molar-refractivity contribution in [2.45, 2.75) is 13.3 Å². The molecule has 4 N–H and O–H groups in total. The summed E-state index contributed by atoms with van der Waals surface area (Å²) in [5.74, 6) is 0. The Kier molecular flexibility index (Phi) is 2.82. The topological polar surface area (TPSA) is 52.0 Å². The molecule has 0 saturated heterocycles. The van der Waals surface area contributed by atoms with Crippen LogP contribution in [0.2, 0.25) is 0 Å². The number of benzene rings is 2. The van der Waals surface area contributed by atoms with Crippen LogP contribution in [-0.4, -0.2) is 0 Å². The van der Waals surface area contributed by atoms with E-state index in [4.69, 9.17) is 11.5 Å². The van der Waals surface area contributed by atoms with Crippen molar-refractivity contribution in [2.75, 3.05) is 11.5 Å². The average molecular weight is 212 g/mol. The Morgan fingerprint density at radius 1 is 0.938 bits per heavy atom. The molecule has 0 aliphatic heterocycles. The second kappa shape index (κ2) is 4.27. The van der Waals surface area contributed by atoms with E-state index in [0.29, 0.717) is 0 Å². The molecule has 0 atom stereocenters. The van der Waals surface area contributed by atoms with Crippen molar-refractivity contribution in [2.24, 2.45) is 0 Å². The Labute approximate surface area is 95.9 Å². The highest BCUT2D eigenvalue weighted by Gasteiger charge is 2.06. The lowest BCUT2D eigenvalue weighted by Gasteiger charge is -2.11. The summed E-state index contributed by atoms with van der Waals surface area (Å²) in [6.07, 6.45) is 0.990. The molecule has 0 unspecified atom stereocenters. The first-order chi connectivity index (χ1) is 7.72. The molecule has 2 aromatic rings. The van der Waals surface area contributed by atoms with Gasteiger partial charge in [0.1, 0.15) is 0 Å². The summed E-state index contributed by atoms with van der Waals surface area (Å²) >= 11 is 0. The summed E-state index contributed by atoms with van der Waals surface area (Å²) in [6.45, 7) is 2.14. The Morgan fingerprint density at radius 3 is 2.44 bits per heavy atom. The molecule has 0 spiro atoms. The minimum absolute atomic E-state index is 0.745. The quantitative estimate of drug-likeness (QED) is 0.751. The molecular weight excluding hydrogens is 196 g/mol. The standard InChI is InChI=1S/C14H16N2/c1-2-10-5-3-4-6-12(10)13-9-11(15)7-8-14(13)16/h3-9H,2,15-16H2,1H3. The summed E-state index contributed by atoms with van der Waals surface area (Å²) in [6, 6.07) is 13.9. The molecular formula is C14H16N2. The number of nitrogen functional groups attached to an aromatic ring is 2. The van der Waals surface area contributed by atoms with Gasteiger partial charge in [0.2, 0.25) is 0 Å². The minimum Gasteiger partial charge on any atom is -0.399 e. The summed E-state index contributed by atoms with van der Waals surface area (Å²) in [4.78, 5) is 0. The van der Waals surface area contributed by atoms with Crippen LogP contribution in [0.25, 0.3) is 11.1 Å². The molecule has 0 aliphatic carbocycles. The first kappa shape index (κ1) is 10.6. The van der Waals surface area contributed by atoms with E-state index in [1.54, 1.807) is 0 Å². The van der Waals surface area contributed by atoms with Gasteiger partial charge >= 0.3 is 0 Å². The normalized spacial score (nSPS) is 10.3. The molecule has 2 rings (SSSR count). The third-order valence-corrected chi connectivity index (χ3v) is 2.77. The van der Waals surface area contributed by atoms with E-state index in [9.17, 15) is 0 Å². The Hall–Kier alpha value is -1.96. The van der Waals surface area contributed by atoms with Gasteiger partial charge in [0.25, 0.3) is 0 Å². The van der Waals surface area contributed by atoms with Crippen molar-refractivity contribution in [3.63, 3.8) is 0 Å². The first-order valence-corrected chi connectivity index (χ1v) is 5.45. The second-order valence-electron chi connectivity index (χ2n) is 3.86. The van der Waals surface area contributed by atoms with Gasteiger partial charge in [-0.25, -0.2) is 0 Å². The van der Waals surface area contributed by atoms with Crippen LogP contribution in [0, 0.1) is 0 Å². The lowest BCUT2D eigenvalue weighted by atomic mass is 9.96. The molecule has 2 aromatic carbocycles. The Bertz CT molecular complexity index is 504. The highest BCUT2D eigenvalue weighted by atomic mass is 14.6. The van der Waals surface area contributed by atoms with Gasteiger partial charge in [0.15, 0.2) is 0 Å². The maximum atomic E-state index is 5.99. The summed E-state index contributed by atoms with van der Waals surface area (Å²) in [7, 11) is 0. The number of rotatable bonds is 2. The second-order valence-corrected chi connectivity index (χ2v) is 3.86. The lowest BCUT2D eigenvalue weighted by Crippen LogP contribution is -1.95. The van der Waals surface area contributed by atoms with Gasteiger partial charge in [0.05, 0.1) is 0 Å². The van der Waals surface area contributed by atoms with Crippen LogP contribution >= 0.6 is 0 Å². The summed E-state index contributed by atoms with van der Waals surface area (Å²) < 4.78 is 0. The fraction of sp³-hybridized carbons (Fsp3) is 0.143. The monoisotopic (exact) mass is 212 g/mol. The van der Waals surface area contributed by atoms with E-state index < -0.39 is 0 Å². The van der Waals surface area contributed by atoms with Gasteiger partial charge in [-0.15, -0.1) is 0 Å². The maximum Gasteiger partial charge on any atom is 0.0395 e. The highest BCUT2D eigenvalue weighted by molar-refractivity contribution is 5.81. The van der Waals surface area contributed by atoms with Gasteiger partial charge < -0.3 is 11.5 Å². The van der Waals surface area contributed by atoms with Crippen LogP contribution < -0.4 is 11.5 Å². The van der Waals surface area contributed by atoms with Crippen LogP contribution in [0.5, 0.6) is 0 Å². The lowest BCUT2D eigenvalue weighted by molar-refractivity contribution is 1.14. The number of nitrogens with two attached hydrogens (primary N) is 2. The van der Waals surface area contributed by atoms with Crippen molar-refractivity contribution in [1.82, 2.24) is 0 Å². The minimum atomic E-state index is 0.745. The molecule has 0 heterocycles. The van der Waals surface area contributed by atoms with E-state index >= 15 is 0 Å². The Balaban J connectivity index is 2.62. The smallest absolute Gasteiger partial charge is 0.0395 e. The van der Waals surface area contributed by atoms with Gasteiger partial charge in [-0.3, -0.25) is 0 Å². The third-order valence-electron chi connectivity index (χ3n) is 2.77. The van der Waals surface area contributed by atoms with Crippen molar-refractivity contribution in [3.05, 3.63) is 48.0 Å². The van der Waals surface area contributed by atoms with E-state index in [1.165, 1.54) is 11.1 Å². The van der Waals surface area contributed by atoms with Crippen LogP contribution in [0.3, 0.4) is 0 Å². The third kappa shape index (κ3) is 1.87. The van der Waals surface area contributed by atoms with E-state index in [1.807, 2.05) is 30.3 Å². The molecule has 0 aliphatic rings. The highest BCUT2D eigenvalue weighted by Crippen LogP contribution is 2.30. The van der Waals surface area contributed by atoms with Crippen molar-refractivity contribution in [1.29, 1.82) is 0 Å². The van der Waals surface area contributed by atoms with Crippen LogP contribution in [-0.2, 0) is 6.42 Å². The number of anilines is 2. The van der Waals surface area contributed by atoms with Gasteiger partial charge in [-0.05, 0) is 35.7 Å². The molecule has 0 fully saturated rings. The van der Waals surface area contributed by atoms with Crippen molar-refractivity contribution in [3.8, 4) is 11.1 Å². The maximum absolute atomic E-state index is 5.99.